The SMILES string of the molecule is CC[C@@H](C)[C@@H](NC(=O)CN1C(=O)c2cccc([N+](=O)[O-])c2C1=O)C(=O)OC. The molecule has 10 heteroatoms. The molecule has 1 heterocycles. The molecule has 1 aliphatic heterocycles. The van der Waals surface area contributed by atoms with Crippen LogP contribution in [0.1, 0.15) is 41.0 Å². The van der Waals surface area contributed by atoms with E-state index in [4.69, 9.17) is 0 Å². The lowest BCUT2D eigenvalue weighted by Gasteiger charge is -2.23. The maximum atomic E-state index is 12.5. The van der Waals surface area contributed by atoms with Crippen molar-refractivity contribution < 1.29 is 28.8 Å². The second-order valence-corrected chi connectivity index (χ2v) is 6.11. The van der Waals surface area contributed by atoms with Crippen molar-refractivity contribution in [2.45, 2.75) is 26.3 Å². The standard InChI is InChI=1S/C17H19N3O7/c1-4-9(2)14(17(24)27-3)18-12(21)8-19-15(22)10-6-5-7-11(20(25)26)13(10)16(19)23/h5-7,9,14H,4,8H2,1-3H3,(H,18,21)/t9-,14-/m1/s1. The summed E-state index contributed by atoms with van der Waals surface area (Å²) in [6, 6.07) is 2.76. The van der Waals surface area contributed by atoms with Gasteiger partial charge in [0.1, 0.15) is 18.2 Å². The summed E-state index contributed by atoms with van der Waals surface area (Å²) in [7, 11) is 1.19. The van der Waals surface area contributed by atoms with Crippen LogP contribution in [-0.2, 0) is 14.3 Å². The number of carbonyl (C=O) groups excluding carboxylic acids is 4. The molecule has 0 saturated heterocycles. The van der Waals surface area contributed by atoms with Crippen LogP contribution in [0.5, 0.6) is 0 Å². The van der Waals surface area contributed by atoms with Crippen LogP contribution in [0, 0.1) is 16.0 Å². The Morgan fingerprint density at radius 3 is 2.52 bits per heavy atom. The number of rotatable bonds is 7. The Labute approximate surface area is 154 Å². The van der Waals surface area contributed by atoms with Gasteiger partial charge in [-0.3, -0.25) is 29.4 Å². The van der Waals surface area contributed by atoms with E-state index in [1.54, 1.807) is 6.92 Å². The molecule has 1 aromatic rings. The highest BCUT2D eigenvalue weighted by Gasteiger charge is 2.42. The number of hydrogen-bond acceptors (Lipinski definition) is 7. The molecule has 0 saturated carbocycles. The first-order valence-corrected chi connectivity index (χ1v) is 8.23. The van der Waals surface area contributed by atoms with E-state index in [1.165, 1.54) is 19.2 Å². The minimum absolute atomic E-state index is 0.131. The van der Waals surface area contributed by atoms with E-state index < -0.39 is 46.9 Å². The maximum absolute atomic E-state index is 12.5. The molecule has 2 atom stereocenters. The quantitative estimate of drug-likeness (QED) is 0.322. The van der Waals surface area contributed by atoms with Gasteiger partial charge in [0.2, 0.25) is 5.91 Å². The van der Waals surface area contributed by atoms with Gasteiger partial charge in [-0.05, 0) is 12.0 Å². The van der Waals surface area contributed by atoms with Crippen LogP contribution in [0.4, 0.5) is 5.69 Å². The Bertz CT molecular complexity index is 821. The number of carbonyl (C=O) groups is 4. The van der Waals surface area contributed by atoms with E-state index in [-0.39, 0.29) is 17.0 Å². The van der Waals surface area contributed by atoms with E-state index in [1.807, 2.05) is 6.92 Å². The lowest BCUT2D eigenvalue weighted by molar-refractivity contribution is -0.385. The maximum Gasteiger partial charge on any atom is 0.328 e. The second-order valence-electron chi connectivity index (χ2n) is 6.11. The fourth-order valence-electron chi connectivity index (χ4n) is 2.77. The third-order valence-electron chi connectivity index (χ3n) is 4.46. The Kier molecular flexibility index (Phi) is 5.88. The van der Waals surface area contributed by atoms with Crippen molar-refractivity contribution in [3.05, 3.63) is 39.4 Å². The van der Waals surface area contributed by atoms with Gasteiger partial charge in [-0.2, -0.15) is 0 Å². The number of hydrogen-bond donors (Lipinski definition) is 1. The van der Waals surface area contributed by atoms with Gasteiger partial charge < -0.3 is 10.1 Å². The molecule has 0 bridgehead atoms. The average molecular weight is 377 g/mol. The first kappa shape index (κ1) is 20.0. The van der Waals surface area contributed by atoms with Crippen molar-refractivity contribution in [2.24, 2.45) is 5.92 Å². The highest BCUT2D eigenvalue weighted by Crippen LogP contribution is 2.30. The van der Waals surface area contributed by atoms with Gasteiger partial charge in [0.15, 0.2) is 0 Å². The first-order valence-electron chi connectivity index (χ1n) is 8.23. The van der Waals surface area contributed by atoms with Gasteiger partial charge in [-0.15, -0.1) is 0 Å². The van der Waals surface area contributed by atoms with Crippen LogP contribution in [0.2, 0.25) is 0 Å². The third-order valence-corrected chi connectivity index (χ3v) is 4.46. The predicted molar refractivity (Wildman–Crippen MR) is 91.9 cm³/mol. The van der Waals surface area contributed by atoms with Gasteiger partial charge in [0.05, 0.1) is 17.6 Å². The third kappa shape index (κ3) is 3.78. The molecule has 1 aromatic carbocycles. The topological polar surface area (TPSA) is 136 Å². The molecule has 144 valence electrons. The van der Waals surface area contributed by atoms with Crippen molar-refractivity contribution in [3.8, 4) is 0 Å². The van der Waals surface area contributed by atoms with Gasteiger partial charge in [-0.1, -0.05) is 26.3 Å². The largest absolute Gasteiger partial charge is 0.467 e. The fourth-order valence-corrected chi connectivity index (χ4v) is 2.77. The van der Waals surface area contributed by atoms with Crippen molar-refractivity contribution in [3.63, 3.8) is 0 Å². The van der Waals surface area contributed by atoms with E-state index in [0.29, 0.717) is 11.3 Å². The number of fused-ring (bicyclic) bond motifs is 1. The summed E-state index contributed by atoms with van der Waals surface area (Å²) in [4.78, 5) is 60.0. The summed E-state index contributed by atoms with van der Waals surface area (Å²) in [5.74, 6) is -3.34. The molecule has 0 spiro atoms. The molecule has 27 heavy (non-hydrogen) atoms. The zero-order valence-corrected chi connectivity index (χ0v) is 15.1. The number of ether oxygens (including phenoxy) is 1. The molecule has 1 aliphatic rings. The molecular formula is C17H19N3O7. The van der Waals surface area contributed by atoms with E-state index in [9.17, 15) is 29.3 Å². The minimum atomic E-state index is -0.933. The van der Waals surface area contributed by atoms with Crippen molar-refractivity contribution >= 4 is 29.4 Å². The second kappa shape index (κ2) is 7.94. The Morgan fingerprint density at radius 2 is 1.96 bits per heavy atom. The number of imide groups is 1. The molecule has 0 fully saturated rings. The molecule has 3 amide bonds. The molecule has 10 nitrogen and oxygen atoms in total. The van der Waals surface area contributed by atoms with Crippen molar-refractivity contribution in [1.82, 2.24) is 10.2 Å². The van der Waals surface area contributed by atoms with Gasteiger partial charge in [0, 0.05) is 6.07 Å². The number of benzene rings is 1. The van der Waals surface area contributed by atoms with Gasteiger partial charge in [0.25, 0.3) is 17.5 Å². The number of nitrogens with one attached hydrogen (secondary N) is 1. The number of amides is 3. The molecule has 0 aromatic heterocycles. The fraction of sp³-hybridized carbons (Fsp3) is 0.412. The molecule has 0 radical (unpaired) electrons. The summed E-state index contributed by atoms with van der Waals surface area (Å²) in [6.07, 6.45) is 0.583. The zero-order chi connectivity index (χ0) is 20.3. The number of esters is 1. The lowest BCUT2D eigenvalue weighted by atomic mass is 9.99. The smallest absolute Gasteiger partial charge is 0.328 e. The number of nitro benzene ring substituents is 1. The molecule has 2 rings (SSSR count). The molecule has 0 unspecified atom stereocenters. The van der Waals surface area contributed by atoms with E-state index in [0.717, 1.165) is 6.07 Å². The minimum Gasteiger partial charge on any atom is -0.467 e. The number of methoxy groups -OCH3 is 1. The highest BCUT2D eigenvalue weighted by molar-refractivity contribution is 6.24. The molecule has 0 aliphatic carbocycles. The van der Waals surface area contributed by atoms with Gasteiger partial charge in [-0.25, -0.2) is 4.79 Å². The molecular weight excluding hydrogens is 358 g/mol. The Morgan fingerprint density at radius 1 is 1.30 bits per heavy atom. The van der Waals surface area contributed by atoms with Crippen LogP contribution in [0.25, 0.3) is 0 Å². The number of nitro groups is 1. The van der Waals surface area contributed by atoms with Crippen LogP contribution in [0.3, 0.4) is 0 Å². The van der Waals surface area contributed by atoms with Crippen LogP contribution in [-0.4, -0.2) is 53.2 Å². The zero-order valence-electron chi connectivity index (χ0n) is 15.1. The Balaban J connectivity index is 2.20. The van der Waals surface area contributed by atoms with Crippen LogP contribution in [0.15, 0.2) is 18.2 Å². The van der Waals surface area contributed by atoms with E-state index in [2.05, 4.69) is 10.1 Å². The summed E-state index contributed by atoms with van der Waals surface area (Å²) in [5, 5.41) is 13.6. The van der Waals surface area contributed by atoms with Crippen LogP contribution < -0.4 is 5.32 Å². The monoisotopic (exact) mass is 377 g/mol. The highest BCUT2D eigenvalue weighted by atomic mass is 16.6. The van der Waals surface area contributed by atoms with E-state index >= 15 is 0 Å². The Hall–Kier alpha value is -3.30. The number of nitrogens with zero attached hydrogens (tertiary/aromatic N) is 2. The normalized spacial score (nSPS) is 15.1. The van der Waals surface area contributed by atoms with Crippen LogP contribution >= 0.6 is 0 Å². The van der Waals surface area contributed by atoms with Crippen molar-refractivity contribution in [2.75, 3.05) is 13.7 Å². The first-order chi connectivity index (χ1) is 12.7. The molecule has 1 N–H and O–H groups in total. The summed E-state index contributed by atoms with van der Waals surface area (Å²) in [5.41, 5.74) is -0.971. The summed E-state index contributed by atoms with van der Waals surface area (Å²) >= 11 is 0. The van der Waals surface area contributed by atoms with Crippen molar-refractivity contribution in [1.29, 1.82) is 0 Å². The average Bonchev–Trinajstić information content (AvgIpc) is 2.89. The van der Waals surface area contributed by atoms with Gasteiger partial charge >= 0.3 is 5.97 Å². The predicted octanol–water partition coefficient (Wildman–Crippen LogP) is 0.895. The summed E-state index contributed by atoms with van der Waals surface area (Å²) in [6.45, 7) is 2.91. The lowest BCUT2D eigenvalue weighted by Crippen LogP contribution is -2.49. The summed E-state index contributed by atoms with van der Waals surface area (Å²) < 4.78 is 4.67.